The second-order valence-electron chi connectivity index (χ2n) is 5.10. The molecular weight excluding hydrogens is 247 g/mol. The summed E-state index contributed by atoms with van der Waals surface area (Å²) in [5.41, 5.74) is -0.334. The van der Waals surface area contributed by atoms with Gasteiger partial charge in [-0.3, -0.25) is 0 Å². The van der Waals surface area contributed by atoms with Crippen molar-refractivity contribution in [1.29, 1.82) is 0 Å². The average molecular weight is 266 g/mol. The first-order valence-electron chi connectivity index (χ1n) is 6.76. The summed E-state index contributed by atoms with van der Waals surface area (Å²) in [4.78, 5) is 14.8. The van der Waals surface area contributed by atoms with Crippen LogP contribution in [-0.4, -0.2) is 22.1 Å². The van der Waals surface area contributed by atoms with Gasteiger partial charge in [-0.15, -0.1) is 0 Å². The normalized spacial score (nSPS) is 23.1. The number of nitrogens with one attached hydrogen (secondary N) is 1. The minimum Gasteiger partial charge on any atom is -0.478 e. The third kappa shape index (κ3) is 3.22. The van der Waals surface area contributed by atoms with E-state index in [9.17, 15) is 9.18 Å². The maximum absolute atomic E-state index is 13.9. The highest BCUT2D eigenvalue weighted by atomic mass is 19.1. The Labute approximate surface area is 112 Å². The summed E-state index contributed by atoms with van der Waals surface area (Å²) >= 11 is 0. The Morgan fingerprint density at radius 1 is 1.47 bits per heavy atom. The molecule has 0 bridgehead atoms. The first-order valence-corrected chi connectivity index (χ1v) is 6.76. The lowest BCUT2D eigenvalue weighted by molar-refractivity contribution is 0.0692. The maximum atomic E-state index is 13.9. The molecule has 0 radical (unpaired) electrons. The number of aromatic carboxylic acids is 1. The zero-order chi connectivity index (χ0) is 13.8. The van der Waals surface area contributed by atoms with Crippen molar-refractivity contribution in [3.8, 4) is 0 Å². The van der Waals surface area contributed by atoms with Gasteiger partial charge in [-0.1, -0.05) is 13.3 Å². The molecule has 1 aromatic rings. The van der Waals surface area contributed by atoms with Gasteiger partial charge in [0.25, 0.3) is 0 Å². The molecule has 1 heterocycles. The summed E-state index contributed by atoms with van der Waals surface area (Å²) in [5, 5.41) is 11.9. The number of aromatic nitrogens is 1. The van der Waals surface area contributed by atoms with E-state index in [1.165, 1.54) is 18.7 Å². The molecule has 1 aliphatic carbocycles. The zero-order valence-corrected chi connectivity index (χ0v) is 11.0. The van der Waals surface area contributed by atoms with Gasteiger partial charge in [-0.25, -0.2) is 14.2 Å². The Hall–Kier alpha value is -1.65. The molecule has 0 spiro atoms. The van der Waals surface area contributed by atoms with Crippen LogP contribution in [0, 0.1) is 11.7 Å². The molecule has 0 aromatic carbocycles. The van der Waals surface area contributed by atoms with E-state index in [4.69, 9.17) is 5.11 Å². The zero-order valence-electron chi connectivity index (χ0n) is 11.0. The van der Waals surface area contributed by atoms with E-state index in [2.05, 4.69) is 17.2 Å². The van der Waals surface area contributed by atoms with Gasteiger partial charge in [0, 0.05) is 12.2 Å². The Balaban J connectivity index is 2.04. The summed E-state index contributed by atoms with van der Waals surface area (Å²) in [6, 6.07) is 1.37. The molecule has 1 saturated carbocycles. The van der Waals surface area contributed by atoms with Gasteiger partial charge in [0.15, 0.2) is 11.6 Å². The molecular formula is C14H19FN2O2. The minimum atomic E-state index is -1.27. The highest BCUT2D eigenvalue weighted by Gasteiger charge is 2.22. The minimum absolute atomic E-state index is 0.0554. The lowest BCUT2D eigenvalue weighted by Gasteiger charge is -2.28. The molecule has 2 rings (SSSR count). The highest BCUT2D eigenvalue weighted by molar-refractivity contribution is 5.88. The molecule has 0 amide bonds. The number of carboxylic acid groups (broad SMARTS) is 1. The number of nitrogens with zero attached hydrogens (tertiary/aromatic N) is 1. The van der Waals surface area contributed by atoms with Crippen LogP contribution in [0.4, 0.5) is 10.2 Å². The van der Waals surface area contributed by atoms with Gasteiger partial charge >= 0.3 is 5.97 Å². The molecule has 0 atom stereocenters. The van der Waals surface area contributed by atoms with Crippen LogP contribution >= 0.6 is 0 Å². The molecule has 1 fully saturated rings. The number of hydrogen-bond acceptors (Lipinski definition) is 3. The lowest BCUT2D eigenvalue weighted by atomic mass is 9.84. The molecule has 19 heavy (non-hydrogen) atoms. The predicted octanol–water partition coefficient (Wildman–Crippen LogP) is 3.30. The third-order valence-corrected chi connectivity index (χ3v) is 3.88. The van der Waals surface area contributed by atoms with Crippen molar-refractivity contribution in [1.82, 2.24) is 4.98 Å². The van der Waals surface area contributed by atoms with Gasteiger partial charge in [-0.05, 0) is 37.7 Å². The van der Waals surface area contributed by atoms with E-state index in [0.717, 1.165) is 31.6 Å². The van der Waals surface area contributed by atoms with Crippen LogP contribution in [0.3, 0.4) is 0 Å². The molecule has 5 heteroatoms. The highest BCUT2D eigenvalue weighted by Crippen LogP contribution is 2.28. The molecule has 1 aliphatic rings. The summed E-state index contributed by atoms with van der Waals surface area (Å²) in [6.07, 6.45) is 6.75. The van der Waals surface area contributed by atoms with Crippen molar-refractivity contribution in [3.63, 3.8) is 0 Å². The van der Waals surface area contributed by atoms with Gasteiger partial charge < -0.3 is 10.4 Å². The molecule has 0 saturated heterocycles. The number of pyridine rings is 1. The summed E-state index contributed by atoms with van der Waals surface area (Å²) in [7, 11) is 0. The largest absolute Gasteiger partial charge is 0.478 e. The molecule has 104 valence electrons. The fourth-order valence-corrected chi connectivity index (χ4v) is 2.62. The summed E-state index contributed by atoms with van der Waals surface area (Å²) < 4.78 is 13.9. The van der Waals surface area contributed by atoms with E-state index in [-0.39, 0.29) is 17.4 Å². The SMILES string of the molecule is CCC1CCC(Nc2nccc(C(=O)O)c2F)CC1. The number of carbonyl (C=O) groups is 1. The van der Waals surface area contributed by atoms with Crippen molar-refractivity contribution >= 4 is 11.8 Å². The second kappa shape index (κ2) is 5.99. The van der Waals surface area contributed by atoms with E-state index in [1.54, 1.807) is 0 Å². The lowest BCUT2D eigenvalue weighted by Crippen LogP contribution is -2.27. The topological polar surface area (TPSA) is 62.2 Å². The van der Waals surface area contributed by atoms with Gasteiger partial charge in [0.05, 0.1) is 0 Å². The Kier molecular flexibility index (Phi) is 4.35. The molecule has 2 N–H and O–H groups in total. The Bertz CT molecular complexity index is 457. The number of halogens is 1. The van der Waals surface area contributed by atoms with Gasteiger partial charge in [0.2, 0.25) is 0 Å². The Morgan fingerprint density at radius 2 is 2.16 bits per heavy atom. The average Bonchev–Trinajstić information content (AvgIpc) is 2.41. The van der Waals surface area contributed by atoms with E-state index in [0.29, 0.717) is 0 Å². The van der Waals surface area contributed by atoms with Crippen LogP contribution in [0.1, 0.15) is 49.4 Å². The third-order valence-electron chi connectivity index (χ3n) is 3.88. The fraction of sp³-hybridized carbons (Fsp3) is 0.571. The van der Waals surface area contributed by atoms with Crippen molar-refractivity contribution in [3.05, 3.63) is 23.6 Å². The van der Waals surface area contributed by atoms with Crippen LogP contribution in [0.5, 0.6) is 0 Å². The predicted molar refractivity (Wildman–Crippen MR) is 70.8 cm³/mol. The molecule has 1 aromatic heterocycles. The molecule has 0 aliphatic heterocycles. The van der Waals surface area contributed by atoms with Crippen LogP contribution in [0.15, 0.2) is 12.3 Å². The number of anilines is 1. The van der Waals surface area contributed by atoms with Gasteiger partial charge in [-0.2, -0.15) is 0 Å². The van der Waals surface area contributed by atoms with Crippen molar-refractivity contribution in [2.45, 2.75) is 45.1 Å². The number of rotatable bonds is 4. The van der Waals surface area contributed by atoms with Crippen molar-refractivity contribution in [2.75, 3.05) is 5.32 Å². The standard InChI is InChI=1S/C14H19FN2O2/c1-2-9-3-5-10(6-4-9)17-13-12(15)11(14(18)19)7-8-16-13/h7-10H,2-6H2,1H3,(H,16,17)(H,18,19). The van der Waals surface area contributed by atoms with E-state index >= 15 is 0 Å². The number of carboxylic acids is 1. The quantitative estimate of drug-likeness (QED) is 0.877. The smallest absolute Gasteiger partial charge is 0.338 e. The maximum Gasteiger partial charge on any atom is 0.338 e. The summed E-state index contributed by atoms with van der Waals surface area (Å²) in [6.45, 7) is 2.19. The number of hydrogen-bond donors (Lipinski definition) is 2. The Morgan fingerprint density at radius 3 is 2.74 bits per heavy atom. The van der Waals surface area contributed by atoms with E-state index < -0.39 is 11.8 Å². The summed E-state index contributed by atoms with van der Waals surface area (Å²) in [5.74, 6) is -1.22. The second-order valence-corrected chi connectivity index (χ2v) is 5.10. The first kappa shape index (κ1) is 13.8. The monoisotopic (exact) mass is 266 g/mol. The van der Waals surface area contributed by atoms with Crippen molar-refractivity contribution < 1.29 is 14.3 Å². The fourth-order valence-electron chi connectivity index (χ4n) is 2.62. The van der Waals surface area contributed by atoms with Crippen LogP contribution in [0.25, 0.3) is 0 Å². The van der Waals surface area contributed by atoms with Crippen molar-refractivity contribution in [2.24, 2.45) is 5.92 Å². The first-order chi connectivity index (χ1) is 9.11. The van der Waals surface area contributed by atoms with Gasteiger partial charge in [0.1, 0.15) is 5.56 Å². The van der Waals surface area contributed by atoms with Crippen LogP contribution < -0.4 is 5.32 Å². The molecule has 0 unspecified atom stereocenters. The van der Waals surface area contributed by atoms with Crippen LogP contribution in [-0.2, 0) is 0 Å². The molecule has 4 nitrogen and oxygen atoms in total. The van der Waals surface area contributed by atoms with E-state index in [1.807, 2.05) is 0 Å². The van der Waals surface area contributed by atoms with Crippen LogP contribution in [0.2, 0.25) is 0 Å².